The molecule has 128 valence electrons. The molecule has 0 fully saturated rings. The molecule has 1 N–H and O–H groups in total. The van der Waals surface area contributed by atoms with Crippen molar-refractivity contribution in [1.82, 2.24) is 15.1 Å². The standard InChI is InChI=1S/C18H22ClN3O2/c1-18(2,3)13-7-5-12(6-8-13)11-20-17(24)16-15(19)14(9-10-23)21-22(16)4/h5-8,10H,9,11H2,1-4H3,(H,20,24). The molecule has 0 saturated heterocycles. The number of carbonyl (C=O) groups excluding carboxylic acids is 2. The average molecular weight is 348 g/mol. The Labute approximate surface area is 147 Å². The number of hydrogen-bond donors (Lipinski definition) is 1. The lowest BCUT2D eigenvalue weighted by molar-refractivity contribution is -0.107. The third-order valence-electron chi connectivity index (χ3n) is 3.82. The van der Waals surface area contributed by atoms with E-state index in [2.05, 4.69) is 43.3 Å². The van der Waals surface area contributed by atoms with Crippen LogP contribution in [0, 0.1) is 0 Å². The smallest absolute Gasteiger partial charge is 0.271 e. The maximum Gasteiger partial charge on any atom is 0.271 e. The molecule has 0 radical (unpaired) electrons. The van der Waals surface area contributed by atoms with Crippen LogP contribution in [0.2, 0.25) is 5.02 Å². The maximum atomic E-state index is 12.4. The molecule has 1 amide bonds. The largest absolute Gasteiger partial charge is 0.347 e. The second-order valence-corrected chi connectivity index (χ2v) is 7.11. The van der Waals surface area contributed by atoms with E-state index in [1.54, 1.807) is 7.05 Å². The summed E-state index contributed by atoms with van der Waals surface area (Å²) in [7, 11) is 1.63. The van der Waals surface area contributed by atoms with Crippen LogP contribution in [0.1, 0.15) is 48.1 Å². The molecule has 0 aliphatic carbocycles. The van der Waals surface area contributed by atoms with Crippen LogP contribution in [0.25, 0.3) is 0 Å². The first-order valence-corrected chi connectivity index (χ1v) is 8.14. The number of nitrogens with one attached hydrogen (secondary N) is 1. The van der Waals surface area contributed by atoms with Gasteiger partial charge in [0.25, 0.3) is 5.91 Å². The van der Waals surface area contributed by atoms with Gasteiger partial charge in [-0.3, -0.25) is 9.48 Å². The average Bonchev–Trinajstić information content (AvgIpc) is 2.79. The topological polar surface area (TPSA) is 64.0 Å². The van der Waals surface area contributed by atoms with Crippen LogP contribution < -0.4 is 5.32 Å². The number of halogens is 1. The SMILES string of the molecule is Cn1nc(CC=O)c(Cl)c1C(=O)NCc1ccc(C(C)(C)C)cc1. The van der Waals surface area contributed by atoms with Gasteiger partial charge in [-0.25, -0.2) is 0 Å². The molecule has 5 nitrogen and oxygen atoms in total. The summed E-state index contributed by atoms with van der Waals surface area (Å²) in [5.41, 5.74) is 3.01. The number of nitrogens with zero attached hydrogens (tertiary/aromatic N) is 2. The van der Waals surface area contributed by atoms with Crippen LogP contribution in [0.3, 0.4) is 0 Å². The summed E-state index contributed by atoms with van der Waals surface area (Å²) in [5.74, 6) is -0.313. The molecule has 0 atom stereocenters. The zero-order valence-electron chi connectivity index (χ0n) is 14.4. The summed E-state index contributed by atoms with van der Waals surface area (Å²) >= 11 is 6.15. The molecule has 24 heavy (non-hydrogen) atoms. The lowest BCUT2D eigenvalue weighted by atomic mass is 9.87. The number of aldehydes is 1. The molecule has 0 aliphatic heterocycles. The second kappa shape index (κ2) is 7.18. The Balaban J connectivity index is 2.07. The van der Waals surface area contributed by atoms with Crippen LogP contribution in [0.4, 0.5) is 0 Å². The number of aromatic nitrogens is 2. The zero-order valence-corrected chi connectivity index (χ0v) is 15.1. The van der Waals surface area contributed by atoms with Crippen molar-refractivity contribution in [2.45, 2.75) is 39.2 Å². The first kappa shape index (κ1) is 18.2. The summed E-state index contributed by atoms with van der Waals surface area (Å²) in [5, 5.41) is 7.17. The van der Waals surface area contributed by atoms with E-state index in [4.69, 9.17) is 11.6 Å². The quantitative estimate of drug-likeness (QED) is 0.845. The Bertz CT molecular complexity index is 743. The monoisotopic (exact) mass is 347 g/mol. The van der Waals surface area contributed by atoms with E-state index in [-0.39, 0.29) is 28.5 Å². The van der Waals surface area contributed by atoms with Crippen LogP contribution in [-0.2, 0) is 30.2 Å². The molecular formula is C18H22ClN3O2. The van der Waals surface area contributed by atoms with Crippen molar-refractivity contribution >= 4 is 23.8 Å². The van der Waals surface area contributed by atoms with E-state index in [1.165, 1.54) is 10.2 Å². The molecule has 1 aromatic carbocycles. The first-order valence-electron chi connectivity index (χ1n) is 7.76. The summed E-state index contributed by atoms with van der Waals surface area (Å²) in [6.07, 6.45) is 0.806. The van der Waals surface area contributed by atoms with E-state index in [1.807, 2.05) is 12.1 Å². The number of benzene rings is 1. The molecule has 0 unspecified atom stereocenters. The minimum Gasteiger partial charge on any atom is -0.347 e. The van der Waals surface area contributed by atoms with Gasteiger partial charge < -0.3 is 10.1 Å². The van der Waals surface area contributed by atoms with Crippen LogP contribution >= 0.6 is 11.6 Å². The molecule has 0 saturated carbocycles. The van der Waals surface area contributed by atoms with Crippen molar-refractivity contribution in [2.24, 2.45) is 7.05 Å². The van der Waals surface area contributed by atoms with E-state index in [9.17, 15) is 9.59 Å². The molecule has 2 rings (SSSR count). The predicted octanol–water partition coefficient (Wildman–Crippen LogP) is 3.04. The van der Waals surface area contributed by atoms with Gasteiger partial charge in [0, 0.05) is 20.0 Å². The van der Waals surface area contributed by atoms with Crippen molar-refractivity contribution in [3.05, 3.63) is 51.8 Å². The normalized spacial score (nSPS) is 11.4. The lowest BCUT2D eigenvalue weighted by Gasteiger charge is -2.19. The van der Waals surface area contributed by atoms with Gasteiger partial charge in [-0.2, -0.15) is 5.10 Å². The molecule has 0 spiro atoms. The molecular weight excluding hydrogens is 326 g/mol. The van der Waals surface area contributed by atoms with E-state index >= 15 is 0 Å². The van der Waals surface area contributed by atoms with Crippen LogP contribution in [-0.4, -0.2) is 22.0 Å². The summed E-state index contributed by atoms with van der Waals surface area (Å²) < 4.78 is 1.40. The molecule has 0 bridgehead atoms. The highest BCUT2D eigenvalue weighted by Crippen LogP contribution is 2.23. The zero-order chi connectivity index (χ0) is 17.9. The van der Waals surface area contributed by atoms with Gasteiger partial charge >= 0.3 is 0 Å². The van der Waals surface area contributed by atoms with Gasteiger partial charge in [0.2, 0.25) is 0 Å². The number of aryl methyl sites for hydroxylation is 1. The highest BCUT2D eigenvalue weighted by Gasteiger charge is 2.20. The van der Waals surface area contributed by atoms with Crippen LogP contribution in [0.5, 0.6) is 0 Å². The van der Waals surface area contributed by atoms with Crippen molar-refractivity contribution in [3.63, 3.8) is 0 Å². The van der Waals surface area contributed by atoms with E-state index in [0.717, 1.165) is 5.56 Å². The fourth-order valence-corrected chi connectivity index (χ4v) is 2.72. The molecule has 2 aromatic rings. The number of amides is 1. The highest BCUT2D eigenvalue weighted by molar-refractivity contribution is 6.34. The van der Waals surface area contributed by atoms with Crippen molar-refractivity contribution in [3.8, 4) is 0 Å². The Hall–Kier alpha value is -2.14. The highest BCUT2D eigenvalue weighted by atomic mass is 35.5. The first-order chi connectivity index (χ1) is 11.2. The lowest BCUT2D eigenvalue weighted by Crippen LogP contribution is -2.25. The Morgan fingerprint density at radius 2 is 1.92 bits per heavy atom. The molecule has 0 aliphatic rings. The fourth-order valence-electron chi connectivity index (χ4n) is 2.40. The third-order valence-corrected chi connectivity index (χ3v) is 4.22. The Morgan fingerprint density at radius 3 is 2.46 bits per heavy atom. The molecule has 6 heteroatoms. The second-order valence-electron chi connectivity index (χ2n) is 6.73. The van der Waals surface area contributed by atoms with Crippen molar-refractivity contribution < 1.29 is 9.59 Å². The number of carbonyl (C=O) groups is 2. The van der Waals surface area contributed by atoms with Gasteiger partial charge in [0.1, 0.15) is 12.0 Å². The maximum absolute atomic E-state index is 12.4. The number of hydrogen-bond acceptors (Lipinski definition) is 3. The summed E-state index contributed by atoms with van der Waals surface area (Å²) in [6, 6.07) is 8.15. The summed E-state index contributed by atoms with van der Waals surface area (Å²) in [6.45, 7) is 6.87. The molecule has 1 aromatic heterocycles. The van der Waals surface area contributed by atoms with Gasteiger partial charge in [0.15, 0.2) is 0 Å². The van der Waals surface area contributed by atoms with Crippen molar-refractivity contribution in [1.29, 1.82) is 0 Å². The van der Waals surface area contributed by atoms with Crippen LogP contribution in [0.15, 0.2) is 24.3 Å². The van der Waals surface area contributed by atoms with Gasteiger partial charge in [-0.15, -0.1) is 0 Å². The number of rotatable bonds is 5. The van der Waals surface area contributed by atoms with E-state index < -0.39 is 0 Å². The third kappa shape index (κ3) is 4.03. The minimum atomic E-state index is -0.313. The van der Waals surface area contributed by atoms with Gasteiger partial charge in [-0.1, -0.05) is 56.6 Å². The fraction of sp³-hybridized carbons (Fsp3) is 0.389. The Kier molecular flexibility index (Phi) is 5.44. The molecule has 1 heterocycles. The van der Waals surface area contributed by atoms with Gasteiger partial charge in [0.05, 0.1) is 10.7 Å². The van der Waals surface area contributed by atoms with E-state index in [0.29, 0.717) is 18.5 Å². The van der Waals surface area contributed by atoms with Gasteiger partial charge in [-0.05, 0) is 16.5 Å². The van der Waals surface area contributed by atoms with Crippen molar-refractivity contribution in [2.75, 3.05) is 0 Å². The predicted molar refractivity (Wildman–Crippen MR) is 94.3 cm³/mol. The Morgan fingerprint density at radius 1 is 1.29 bits per heavy atom. The summed E-state index contributed by atoms with van der Waals surface area (Å²) in [4.78, 5) is 23.0. The minimum absolute atomic E-state index is 0.0915.